The van der Waals surface area contributed by atoms with Crippen LogP contribution in [0.4, 0.5) is 0 Å². The lowest BCUT2D eigenvalue weighted by Crippen LogP contribution is -2.45. The molecule has 118 valence electrons. The SMILES string of the molecule is CCN(CC)S(=O)(=O)CCNC(=O)CC1COCCN1. The smallest absolute Gasteiger partial charge is 0.221 e. The standard InChI is InChI=1S/C12H25N3O4S/c1-3-15(4-2)20(17,18)8-6-14-12(16)9-11-10-19-7-5-13-11/h11,13H,3-10H2,1-2H3,(H,14,16). The third kappa shape index (κ3) is 5.74. The maximum Gasteiger partial charge on any atom is 0.221 e. The van der Waals surface area contributed by atoms with E-state index in [1.807, 2.05) is 0 Å². The molecule has 20 heavy (non-hydrogen) atoms. The Morgan fingerprint density at radius 1 is 1.40 bits per heavy atom. The first kappa shape index (κ1) is 17.4. The van der Waals surface area contributed by atoms with Gasteiger partial charge in [-0.25, -0.2) is 12.7 Å². The number of amides is 1. The topological polar surface area (TPSA) is 87.7 Å². The van der Waals surface area contributed by atoms with Crippen molar-refractivity contribution in [2.75, 3.05) is 45.1 Å². The van der Waals surface area contributed by atoms with E-state index in [2.05, 4.69) is 10.6 Å². The van der Waals surface area contributed by atoms with E-state index < -0.39 is 10.0 Å². The van der Waals surface area contributed by atoms with Crippen molar-refractivity contribution < 1.29 is 17.9 Å². The van der Waals surface area contributed by atoms with Gasteiger partial charge in [-0.2, -0.15) is 0 Å². The van der Waals surface area contributed by atoms with Crippen molar-refractivity contribution in [3.63, 3.8) is 0 Å². The van der Waals surface area contributed by atoms with Gasteiger partial charge in [-0.1, -0.05) is 13.8 Å². The highest BCUT2D eigenvalue weighted by atomic mass is 32.2. The van der Waals surface area contributed by atoms with Crippen LogP contribution >= 0.6 is 0 Å². The normalized spacial score (nSPS) is 20.1. The quantitative estimate of drug-likeness (QED) is 0.610. The summed E-state index contributed by atoms with van der Waals surface area (Å²) >= 11 is 0. The molecule has 1 atom stereocenters. The van der Waals surface area contributed by atoms with E-state index in [0.717, 1.165) is 6.54 Å². The Balaban J connectivity index is 2.27. The second kappa shape index (κ2) is 8.56. The van der Waals surface area contributed by atoms with Gasteiger partial charge < -0.3 is 15.4 Å². The van der Waals surface area contributed by atoms with Crippen molar-refractivity contribution in [2.24, 2.45) is 0 Å². The fraction of sp³-hybridized carbons (Fsp3) is 0.917. The molecule has 0 aromatic carbocycles. The largest absolute Gasteiger partial charge is 0.378 e. The summed E-state index contributed by atoms with van der Waals surface area (Å²) in [6.45, 7) is 6.58. The third-order valence-electron chi connectivity index (χ3n) is 3.21. The average molecular weight is 307 g/mol. The molecular weight excluding hydrogens is 282 g/mol. The summed E-state index contributed by atoms with van der Waals surface area (Å²) in [5, 5.41) is 5.83. The highest BCUT2D eigenvalue weighted by Gasteiger charge is 2.20. The lowest BCUT2D eigenvalue weighted by atomic mass is 10.2. The predicted molar refractivity (Wildman–Crippen MR) is 76.9 cm³/mol. The number of ether oxygens (including phenoxy) is 1. The fourth-order valence-electron chi connectivity index (χ4n) is 2.11. The van der Waals surface area contributed by atoms with Gasteiger partial charge in [-0.3, -0.25) is 4.79 Å². The Bertz CT molecular complexity index is 390. The highest BCUT2D eigenvalue weighted by molar-refractivity contribution is 7.89. The van der Waals surface area contributed by atoms with E-state index in [9.17, 15) is 13.2 Å². The molecule has 2 N–H and O–H groups in total. The Hall–Kier alpha value is -0.700. The molecule has 0 saturated carbocycles. The van der Waals surface area contributed by atoms with Crippen molar-refractivity contribution in [3.8, 4) is 0 Å². The summed E-state index contributed by atoms with van der Waals surface area (Å²) in [6, 6.07) is 0.0168. The second-order valence-corrected chi connectivity index (χ2v) is 6.77. The number of carbonyl (C=O) groups is 1. The minimum atomic E-state index is -3.27. The van der Waals surface area contributed by atoms with Crippen LogP contribution in [0.1, 0.15) is 20.3 Å². The molecule has 0 spiro atoms. The molecular formula is C12H25N3O4S. The maximum absolute atomic E-state index is 11.9. The number of morpholine rings is 1. The first-order chi connectivity index (χ1) is 9.49. The summed E-state index contributed by atoms with van der Waals surface area (Å²) < 4.78 is 30.5. The average Bonchev–Trinajstić information content (AvgIpc) is 2.40. The number of hydrogen-bond donors (Lipinski definition) is 2. The first-order valence-corrected chi connectivity index (χ1v) is 8.66. The number of nitrogens with one attached hydrogen (secondary N) is 2. The molecule has 0 bridgehead atoms. The predicted octanol–water partition coefficient (Wildman–Crippen LogP) is -0.847. The Morgan fingerprint density at radius 2 is 2.10 bits per heavy atom. The van der Waals surface area contributed by atoms with Gasteiger partial charge >= 0.3 is 0 Å². The fourth-order valence-corrected chi connectivity index (χ4v) is 3.52. The molecule has 1 saturated heterocycles. The first-order valence-electron chi connectivity index (χ1n) is 7.05. The van der Waals surface area contributed by atoms with Crippen molar-refractivity contribution in [2.45, 2.75) is 26.3 Å². The van der Waals surface area contributed by atoms with E-state index in [-0.39, 0.29) is 24.2 Å². The van der Waals surface area contributed by atoms with Crippen molar-refractivity contribution in [1.82, 2.24) is 14.9 Å². The van der Waals surface area contributed by atoms with Crippen LogP contribution in [0.25, 0.3) is 0 Å². The van der Waals surface area contributed by atoms with Crippen molar-refractivity contribution in [1.29, 1.82) is 0 Å². The molecule has 1 aliphatic rings. The molecule has 1 unspecified atom stereocenters. The van der Waals surface area contributed by atoms with Gasteiger partial charge in [0.25, 0.3) is 0 Å². The number of nitrogens with zero attached hydrogens (tertiary/aromatic N) is 1. The molecule has 0 aromatic heterocycles. The summed E-state index contributed by atoms with van der Waals surface area (Å²) in [4.78, 5) is 11.7. The third-order valence-corrected chi connectivity index (χ3v) is 5.23. The molecule has 1 heterocycles. The molecule has 0 aromatic rings. The Labute approximate surface area is 121 Å². The minimum absolute atomic E-state index is 0.0168. The number of rotatable bonds is 8. The van der Waals surface area contributed by atoms with Crippen molar-refractivity contribution >= 4 is 15.9 Å². The zero-order valence-electron chi connectivity index (χ0n) is 12.2. The molecule has 1 amide bonds. The van der Waals surface area contributed by atoms with Crippen LogP contribution < -0.4 is 10.6 Å². The summed E-state index contributed by atoms with van der Waals surface area (Å²) in [7, 11) is -3.27. The summed E-state index contributed by atoms with van der Waals surface area (Å²) in [5.41, 5.74) is 0. The van der Waals surface area contributed by atoms with Crippen LogP contribution in [-0.2, 0) is 19.6 Å². The number of carbonyl (C=O) groups excluding carboxylic acids is 1. The van der Waals surface area contributed by atoms with E-state index in [4.69, 9.17) is 4.74 Å². The van der Waals surface area contributed by atoms with Gasteiger partial charge in [0.05, 0.1) is 19.0 Å². The van der Waals surface area contributed by atoms with Gasteiger partial charge in [0.1, 0.15) is 0 Å². The van der Waals surface area contributed by atoms with Crippen LogP contribution in [0.3, 0.4) is 0 Å². The van der Waals surface area contributed by atoms with Gasteiger partial charge in [0.15, 0.2) is 0 Å². The molecule has 0 radical (unpaired) electrons. The molecule has 7 nitrogen and oxygen atoms in total. The van der Waals surface area contributed by atoms with Crippen LogP contribution in [-0.4, -0.2) is 69.8 Å². The van der Waals surface area contributed by atoms with Crippen LogP contribution in [0.2, 0.25) is 0 Å². The number of hydrogen-bond acceptors (Lipinski definition) is 5. The van der Waals surface area contributed by atoms with Gasteiger partial charge in [-0.05, 0) is 0 Å². The lowest BCUT2D eigenvalue weighted by Gasteiger charge is -2.23. The monoisotopic (exact) mass is 307 g/mol. The zero-order chi connectivity index (χ0) is 15.0. The summed E-state index contributed by atoms with van der Waals surface area (Å²) in [5.74, 6) is -0.211. The van der Waals surface area contributed by atoms with Gasteiger partial charge in [-0.15, -0.1) is 0 Å². The molecule has 1 aliphatic heterocycles. The molecule has 0 aliphatic carbocycles. The summed E-state index contributed by atoms with van der Waals surface area (Å²) in [6.07, 6.45) is 0.311. The van der Waals surface area contributed by atoms with Crippen LogP contribution in [0.5, 0.6) is 0 Å². The number of sulfonamides is 1. The van der Waals surface area contributed by atoms with Gasteiger partial charge in [0.2, 0.25) is 15.9 Å². The van der Waals surface area contributed by atoms with Crippen LogP contribution in [0.15, 0.2) is 0 Å². The minimum Gasteiger partial charge on any atom is -0.378 e. The van der Waals surface area contributed by atoms with E-state index >= 15 is 0 Å². The van der Waals surface area contributed by atoms with Crippen molar-refractivity contribution in [3.05, 3.63) is 0 Å². The van der Waals surface area contributed by atoms with E-state index in [1.165, 1.54) is 4.31 Å². The van der Waals surface area contributed by atoms with Gasteiger partial charge in [0, 0.05) is 38.6 Å². The molecule has 8 heteroatoms. The zero-order valence-corrected chi connectivity index (χ0v) is 13.0. The molecule has 1 rings (SSSR count). The molecule has 1 fully saturated rings. The highest BCUT2D eigenvalue weighted by Crippen LogP contribution is 2.01. The Kier molecular flexibility index (Phi) is 7.42. The lowest BCUT2D eigenvalue weighted by molar-refractivity contribution is -0.122. The van der Waals surface area contributed by atoms with E-state index in [1.54, 1.807) is 13.8 Å². The van der Waals surface area contributed by atoms with Crippen LogP contribution in [0, 0.1) is 0 Å². The Morgan fingerprint density at radius 3 is 2.65 bits per heavy atom. The second-order valence-electron chi connectivity index (χ2n) is 4.68. The van der Waals surface area contributed by atoms with E-state index in [0.29, 0.717) is 32.7 Å². The maximum atomic E-state index is 11.9.